The SMILES string of the molecule is COc1ccccc1/C=C1\Oc2cc(OCc3ccccc3C)cc(C)c2C1=O. The highest BCUT2D eigenvalue weighted by Gasteiger charge is 2.30. The first-order valence-corrected chi connectivity index (χ1v) is 9.46. The number of benzene rings is 3. The van der Waals surface area contributed by atoms with Crippen molar-refractivity contribution in [2.45, 2.75) is 20.5 Å². The number of carbonyl (C=O) groups is 1. The second kappa shape index (κ2) is 7.84. The van der Waals surface area contributed by atoms with Gasteiger partial charge >= 0.3 is 0 Å². The summed E-state index contributed by atoms with van der Waals surface area (Å²) in [4.78, 5) is 12.9. The Morgan fingerprint density at radius 2 is 1.72 bits per heavy atom. The third kappa shape index (κ3) is 3.74. The zero-order chi connectivity index (χ0) is 20.4. The fourth-order valence-electron chi connectivity index (χ4n) is 3.42. The molecule has 1 aliphatic heterocycles. The molecule has 1 heterocycles. The van der Waals surface area contributed by atoms with Gasteiger partial charge in [-0.1, -0.05) is 42.5 Å². The molecule has 0 unspecified atom stereocenters. The number of allylic oxidation sites excluding steroid dienone is 1. The number of aryl methyl sites for hydroxylation is 2. The van der Waals surface area contributed by atoms with Gasteiger partial charge in [-0.05, 0) is 48.7 Å². The van der Waals surface area contributed by atoms with Crippen LogP contribution in [0.5, 0.6) is 17.2 Å². The van der Waals surface area contributed by atoms with E-state index >= 15 is 0 Å². The molecule has 0 amide bonds. The van der Waals surface area contributed by atoms with E-state index in [1.165, 1.54) is 5.56 Å². The summed E-state index contributed by atoms with van der Waals surface area (Å²) in [6, 6.07) is 19.3. The molecule has 146 valence electrons. The lowest BCUT2D eigenvalue weighted by molar-refractivity contribution is 0.101. The Kier molecular flexibility index (Phi) is 5.09. The molecule has 3 aromatic rings. The molecule has 1 aliphatic rings. The standard InChI is InChI=1S/C25H22O4/c1-16-8-4-5-10-19(16)15-28-20-12-17(2)24-22(14-20)29-23(25(24)26)13-18-9-6-7-11-21(18)27-3/h4-14H,15H2,1-3H3/b23-13-. The largest absolute Gasteiger partial charge is 0.496 e. The summed E-state index contributed by atoms with van der Waals surface area (Å²) in [5.74, 6) is 2.04. The Labute approximate surface area is 170 Å². The van der Waals surface area contributed by atoms with Crippen molar-refractivity contribution in [2.75, 3.05) is 7.11 Å². The third-order valence-corrected chi connectivity index (χ3v) is 5.02. The highest BCUT2D eigenvalue weighted by Crippen LogP contribution is 2.38. The first kappa shape index (κ1) is 18.8. The number of Topliss-reactive ketones (excluding diaryl/α,β-unsaturated/α-hetero) is 1. The highest BCUT2D eigenvalue weighted by molar-refractivity contribution is 6.15. The zero-order valence-corrected chi connectivity index (χ0v) is 16.7. The van der Waals surface area contributed by atoms with Crippen LogP contribution in [0.4, 0.5) is 0 Å². The average molecular weight is 386 g/mol. The van der Waals surface area contributed by atoms with Crippen LogP contribution in [0.2, 0.25) is 0 Å². The molecular weight excluding hydrogens is 364 g/mol. The van der Waals surface area contributed by atoms with E-state index < -0.39 is 0 Å². The summed E-state index contributed by atoms with van der Waals surface area (Å²) in [5, 5.41) is 0. The maximum atomic E-state index is 12.9. The highest BCUT2D eigenvalue weighted by atomic mass is 16.5. The molecule has 0 N–H and O–H groups in total. The first-order chi connectivity index (χ1) is 14.1. The first-order valence-electron chi connectivity index (χ1n) is 9.46. The van der Waals surface area contributed by atoms with Crippen molar-refractivity contribution in [1.82, 2.24) is 0 Å². The Bertz CT molecular complexity index is 1110. The van der Waals surface area contributed by atoms with E-state index in [4.69, 9.17) is 14.2 Å². The van der Waals surface area contributed by atoms with Crippen LogP contribution in [0.1, 0.15) is 32.6 Å². The number of hydrogen-bond acceptors (Lipinski definition) is 4. The quantitative estimate of drug-likeness (QED) is 0.543. The summed E-state index contributed by atoms with van der Waals surface area (Å²) in [6.45, 7) is 4.42. The van der Waals surface area contributed by atoms with Crippen molar-refractivity contribution >= 4 is 11.9 Å². The smallest absolute Gasteiger partial charge is 0.232 e. The van der Waals surface area contributed by atoms with Crippen LogP contribution < -0.4 is 14.2 Å². The number of para-hydroxylation sites is 1. The van der Waals surface area contributed by atoms with Gasteiger partial charge in [0.1, 0.15) is 23.9 Å². The lowest BCUT2D eigenvalue weighted by Crippen LogP contribution is -2.01. The van der Waals surface area contributed by atoms with Gasteiger partial charge in [0, 0.05) is 11.6 Å². The van der Waals surface area contributed by atoms with Crippen LogP contribution in [0.25, 0.3) is 6.08 Å². The normalized spacial score (nSPS) is 13.9. The lowest BCUT2D eigenvalue weighted by Gasteiger charge is -2.10. The van der Waals surface area contributed by atoms with Crippen molar-refractivity contribution in [2.24, 2.45) is 0 Å². The van der Waals surface area contributed by atoms with Gasteiger partial charge in [-0.25, -0.2) is 0 Å². The van der Waals surface area contributed by atoms with Crippen molar-refractivity contribution in [3.8, 4) is 17.2 Å². The number of ketones is 1. The molecule has 0 radical (unpaired) electrons. The van der Waals surface area contributed by atoms with Crippen LogP contribution in [-0.2, 0) is 6.61 Å². The van der Waals surface area contributed by atoms with Gasteiger partial charge in [0.2, 0.25) is 5.78 Å². The van der Waals surface area contributed by atoms with Gasteiger partial charge in [-0.3, -0.25) is 4.79 Å². The predicted octanol–water partition coefficient (Wildman–Crippen LogP) is 5.51. The molecule has 0 saturated carbocycles. The van der Waals surface area contributed by atoms with Crippen molar-refractivity contribution in [3.63, 3.8) is 0 Å². The van der Waals surface area contributed by atoms with E-state index in [9.17, 15) is 4.79 Å². The van der Waals surface area contributed by atoms with Gasteiger partial charge in [-0.2, -0.15) is 0 Å². The Morgan fingerprint density at radius 1 is 0.966 bits per heavy atom. The number of ether oxygens (including phenoxy) is 3. The zero-order valence-electron chi connectivity index (χ0n) is 16.7. The molecule has 4 rings (SSSR count). The second-order valence-electron chi connectivity index (χ2n) is 7.01. The van der Waals surface area contributed by atoms with Crippen LogP contribution in [0.3, 0.4) is 0 Å². The van der Waals surface area contributed by atoms with Crippen molar-refractivity contribution in [3.05, 3.63) is 94.2 Å². The molecule has 0 aromatic heterocycles. The molecule has 0 saturated heterocycles. The minimum absolute atomic E-state index is 0.131. The molecule has 3 aromatic carbocycles. The van der Waals surface area contributed by atoms with Crippen LogP contribution in [-0.4, -0.2) is 12.9 Å². The van der Waals surface area contributed by atoms with Crippen LogP contribution in [0, 0.1) is 13.8 Å². The summed E-state index contributed by atoms with van der Waals surface area (Å²) in [6.07, 6.45) is 1.72. The second-order valence-corrected chi connectivity index (χ2v) is 7.01. The lowest BCUT2D eigenvalue weighted by atomic mass is 10.0. The monoisotopic (exact) mass is 386 g/mol. The summed E-state index contributed by atoms with van der Waals surface area (Å²) >= 11 is 0. The molecule has 29 heavy (non-hydrogen) atoms. The Balaban J connectivity index is 1.60. The molecule has 0 bridgehead atoms. The number of hydrogen-bond donors (Lipinski definition) is 0. The molecule has 4 heteroatoms. The molecule has 4 nitrogen and oxygen atoms in total. The fraction of sp³-hybridized carbons (Fsp3) is 0.160. The van der Waals surface area contributed by atoms with E-state index in [-0.39, 0.29) is 11.5 Å². The molecule has 0 spiro atoms. The molecule has 0 atom stereocenters. The number of fused-ring (bicyclic) bond motifs is 1. The number of rotatable bonds is 5. The van der Waals surface area contributed by atoms with E-state index in [0.29, 0.717) is 29.4 Å². The Hall–Kier alpha value is -3.53. The fourth-order valence-corrected chi connectivity index (χ4v) is 3.42. The van der Waals surface area contributed by atoms with E-state index in [0.717, 1.165) is 16.7 Å². The van der Waals surface area contributed by atoms with Gasteiger partial charge in [-0.15, -0.1) is 0 Å². The minimum Gasteiger partial charge on any atom is -0.496 e. The van der Waals surface area contributed by atoms with Gasteiger partial charge in [0.05, 0.1) is 12.7 Å². The average Bonchev–Trinajstić information content (AvgIpc) is 3.03. The number of methoxy groups -OCH3 is 1. The van der Waals surface area contributed by atoms with Gasteiger partial charge in [0.15, 0.2) is 5.76 Å². The summed E-state index contributed by atoms with van der Waals surface area (Å²) in [5.41, 5.74) is 4.50. The molecule has 0 fully saturated rings. The van der Waals surface area contributed by atoms with Crippen molar-refractivity contribution in [1.29, 1.82) is 0 Å². The van der Waals surface area contributed by atoms with Gasteiger partial charge < -0.3 is 14.2 Å². The Morgan fingerprint density at radius 3 is 2.52 bits per heavy atom. The summed E-state index contributed by atoms with van der Waals surface area (Å²) in [7, 11) is 1.60. The van der Waals surface area contributed by atoms with Crippen LogP contribution >= 0.6 is 0 Å². The van der Waals surface area contributed by atoms with Gasteiger partial charge in [0.25, 0.3) is 0 Å². The maximum Gasteiger partial charge on any atom is 0.232 e. The summed E-state index contributed by atoms with van der Waals surface area (Å²) < 4.78 is 17.2. The molecular formula is C25H22O4. The minimum atomic E-state index is -0.131. The maximum absolute atomic E-state index is 12.9. The van der Waals surface area contributed by atoms with Crippen molar-refractivity contribution < 1.29 is 19.0 Å². The van der Waals surface area contributed by atoms with E-state index in [2.05, 4.69) is 13.0 Å². The molecule has 0 aliphatic carbocycles. The third-order valence-electron chi connectivity index (χ3n) is 5.02. The van der Waals surface area contributed by atoms with E-state index in [1.54, 1.807) is 19.3 Å². The van der Waals surface area contributed by atoms with Crippen LogP contribution in [0.15, 0.2) is 66.4 Å². The van der Waals surface area contributed by atoms with E-state index in [1.807, 2.05) is 55.5 Å². The topological polar surface area (TPSA) is 44.8 Å². The number of carbonyl (C=O) groups excluding carboxylic acids is 1. The predicted molar refractivity (Wildman–Crippen MR) is 113 cm³/mol.